The lowest BCUT2D eigenvalue weighted by molar-refractivity contribution is 0.422. The first-order chi connectivity index (χ1) is 9.54. The Bertz CT molecular complexity index is 471. The molecule has 1 N–H and O–H groups in total. The molecule has 2 unspecified atom stereocenters. The Morgan fingerprint density at radius 3 is 2.30 bits per heavy atom. The summed E-state index contributed by atoms with van der Waals surface area (Å²) in [7, 11) is -0.885. The molecule has 0 heterocycles. The van der Waals surface area contributed by atoms with Crippen LogP contribution in [0.3, 0.4) is 0 Å². The lowest BCUT2D eigenvalue weighted by atomic mass is 9.87. The second kappa shape index (κ2) is 8.42. The molecule has 0 bridgehead atoms. The van der Waals surface area contributed by atoms with Crippen LogP contribution in [-0.2, 0) is 9.84 Å². The molecule has 0 fully saturated rings. The maximum atomic E-state index is 11.6. The normalized spacial score (nSPS) is 14.9. The van der Waals surface area contributed by atoms with Gasteiger partial charge in [-0.05, 0) is 37.8 Å². The van der Waals surface area contributed by atoms with Gasteiger partial charge in [-0.1, -0.05) is 44.2 Å². The van der Waals surface area contributed by atoms with Gasteiger partial charge in [0.05, 0.1) is 5.75 Å². The number of nitrogens with one attached hydrogen (secondary N) is 1. The minimum atomic E-state index is -2.85. The lowest BCUT2D eigenvalue weighted by Gasteiger charge is -2.26. The Hall–Kier alpha value is -0.870. The number of likely N-dealkylation sites (N-methyl/N-ethyl adjacent to an activating group) is 1. The number of hydrogen-bond acceptors (Lipinski definition) is 3. The van der Waals surface area contributed by atoms with E-state index in [1.165, 1.54) is 5.56 Å². The van der Waals surface area contributed by atoms with E-state index in [0.29, 0.717) is 17.7 Å². The summed E-state index contributed by atoms with van der Waals surface area (Å²) in [6, 6.07) is 10.8. The zero-order valence-corrected chi connectivity index (χ0v) is 13.6. The number of sulfone groups is 1. The molecule has 0 radical (unpaired) electrons. The van der Waals surface area contributed by atoms with Crippen LogP contribution < -0.4 is 5.32 Å². The van der Waals surface area contributed by atoms with Gasteiger partial charge in [0.1, 0.15) is 9.84 Å². The second-order valence-corrected chi connectivity index (χ2v) is 7.67. The van der Waals surface area contributed by atoms with Crippen molar-refractivity contribution >= 4 is 9.84 Å². The van der Waals surface area contributed by atoms with Crippen LogP contribution in [0.15, 0.2) is 30.3 Å². The smallest absolute Gasteiger partial charge is 0.150 e. The van der Waals surface area contributed by atoms with Gasteiger partial charge in [-0.15, -0.1) is 0 Å². The van der Waals surface area contributed by atoms with Crippen molar-refractivity contribution < 1.29 is 8.42 Å². The van der Waals surface area contributed by atoms with E-state index in [-0.39, 0.29) is 5.75 Å². The highest BCUT2D eigenvalue weighted by atomic mass is 32.2. The molecule has 0 amide bonds. The minimum Gasteiger partial charge on any atom is -0.316 e. The SMILES string of the molecule is CCC(c1ccccc1)C(CCCS(=O)(=O)CC)NC. The topological polar surface area (TPSA) is 46.2 Å². The van der Waals surface area contributed by atoms with E-state index in [9.17, 15) is 8.42 Å². The average molecular weight is 297 g/mol. The van der Waals surface area contributed by atoms with Gasteiger partial charge < -0.3 is 5.32 Å². The third kappa shape index (κ3) is 5.25. The molecule has 1 aromatic carbocycles. The van der Waals surface area contributed by atoms with Gasteiger partial charge >= 0.3 is 0 Å². The Morgan fingerprint density at radius 2 is 1.80 bits per heavy atom. The predicted octanol–water partition coefficient (Wildman–Crippen LogP) is 2.98. The van der Waals surface area contributed by atoms with Crippen LogP contribution in [0.1, 0.15) is 44.6 Å². The summed E-state index contributed by atoms with van der Waals surface area (Å²) in [6.07, 6.45) is 2.67. The summed E-state index contributed by atoms with van der Waals surface area (Å²) in [5.74, 6) is 0.977. The summed E-state index contributed by atoms with van der Waals surface area (Å²) < 4.78 is 23.1. The van der Waals surface area contributed by atoms with Crippen LogP contribution in [0.25, 0.3) is 0 Å². The van der Waals surface area contributed by atoms with Crippen LogP contribution in [0, 0.1) is 0 Å². The van der Waals surface area contributed by atoms with Crippen molar-refractivity contribution in [3.63, 3.8) is 0 Å². The third-order valence-corrected chi connectivity index (χ3v) is 5.72. The molecule has 0 saturated carbocycles. The van der Waals surface area contributed by atoms with E-state index in [1.54, 1.807) is 6.92 Å². The predicted molar refractivity (Wildman–Crippen MR) is 85.9 cm³/mol. The molecule has 1 rings (SSSR count). The molecule has 3 nitrogen and oxygen atoms in total. The molecule has 4 heteroatoms. The van der Waals surface area contributed by atoms with E-state index >= 15 is 0 Å². The first-order valence-corrected chi connectivity index (χ1v) is 9.28. The quantitative estimate of drug-likeness (QED) is 0.762. The highest BCUT2D eigenvalue weighted by Crippen LogP contribution is 2.25. The van der Waals surface area contributed by atoms with Gasteiger partial charge in [0.2, 0.25) is 0 Å². The van der Waals surface area contributed by atoms with Crippen molar-refractivity contribution in [3.05, 3.63) is 35.9 Å². The van der Waals surface area contributed by atoms with Crippen LogP contribution in [0.2, 0.25) is 0 Å². The Balaban J connectivity index is 2.64. The minimum absolute atomic E-state index is 0.243. The summed E-state index contributed by atoms with van der Waals surface area (Å²) in [5.41, 5.74) is 1.33. The average Bonchev–Trinajstić information content (AvgIpc) is 2.47. The van der Waals surface area contributed by atoms with Crippen LogP contribution >= 0.6 is 0 Å². The molecule has 0 aliphatic carbocycles. The standard InChI is InChI=1S/C16H27NO2S/c1-4-15(14-10-7-6-8-11-14)16(17-3)12-9-13-20(18,19)5-2/h6-8,10-11,15-17H,4-5,9,12-13H2,1-3H3. The second-order valence-electron chi connectivity index (χ2n) is 5.20. The molecule has 114 valence electrons. The van der Waals surface area contributed by atoms with Gasteiger partial charge in [-0.3, -0.25) is 0 Å². The fourth-order valence-corrected chi connectivity index (χ4v) is 3.56. The van der Waals surface area contributed by atoms with E-state index in [1.807, 2.05) is 13.1 Å². The molecule has 0 spiro atoms. The first kappa shape index (κ1) is 17.2. The lowest BCUT2D eigenvalue weighted by Crippen LogP contribution is -2.32. The number of rotatable bonds is 9. The van der Waals surface area contributed by atoms with Crippen LogP contribution in [0.5, 0.6) is 0 Å². The fourth-order valence-electron chi connectivity index (χ4n) is 2.67. The largest absolute Gasteiger partial charge is 0.316 e. The zero-order valence-electron chi connectivity index (χ0n) is 12.8. The molecule has 0 aliphatic heterocycles. The molecule has 1 aromatic rings. The van der Waals surface area contributed by atoms with Crippen LogP contribution in [-0.4, -0.2) is 33.0 Å². The molecule has 2 atom stereocenters. The highest BCUT2D eigenvalue weighted by Gasteiger charge is 2.20. The van der Waals surface area contributed by atoms with Gasteiger partial charge in [-0.2, -0.15) is 0 Å². The van der Waals surface area contributed by atoms with Crippen molar-refractivity contribution in [2.75, 3.05) is 18.6 Å². The van der Waals surface area contributed by atoms with E-state index in [0.717, 1.165) is 19.3 Å². The monoisotopic (exact) mass is 297 g/mol. The third-order valence-electron chi connectivity index (χ3n) is 3.93. The first-order valence-electron chi connectivity index (χ1n) is 7.46. The summed E-state index contributed by atoms with van der Waals surface area (Å²) in [4.78, 5) is 0. The number of hydrogen-bond donors (Lipinski definition) is 1. The number of benzene rings is 1. The van der Waals surface area contributed by atoms with E-state index in [2.05, 4.69) is 36.5 Å². The van der Waals surface area contributed by atoms with Gasteiger partial charge in [0.25, 0.3) is 0 Å². The molecular formula is C16H27NO2S. The highest BCUT2D eigenvalue weighted by molar-refractivity contribution is 7.91. The maximum Gasteiger partial charge on any atom is 0.150 e. The maximum absolute atomic E-state index is 11.6. The Kier molecular flexibility index (Phi) is 7.24. The van der Waals surface area contributed by atoms with Crippen molar-refractivity contribution in [2.24, 2.45) is 0 Å². The summed E-state index contributed by atoms with van der Waals surface area (Å²) in [6.45, 7) is 3.90. The Morgan fingerprint density at radius 1 is 1.15 bits per heavy atom. The van der Waals surface area contributed by atoms with Crippen molar-refractivity contribution in [1.29, 1.82) is 0 Å². The van der Waals surface area contributed by atoms with Crippen molar-refractivity contribution in [1.82, 2.24) is 5.32 Å². The van der Waals surface area contributed by atoms with E-state index < -0.39 is 9.84 Å². The van der Waals surface area contributed by atoms with Crippen LogP contribution in [0.4, 0.5) is 0 Å². The molecule has 0 aliphatic rings. The fraction of sp³-hybridized carbons (Fsp3) is 0.625. The van der Waals surface area contributed by atoms with Gasteiger partial charge in [-0.25, -0.2) is 8.42 Å². The zero-order chi connectivity index (χ0) is 15.0. The molecular weight excluding hydrogens is 270 g/mol. The van der Waals surface area contributed by atoms with E-state index in [4.69, 9.17) is 0 Å². The molecule has 20 heavy (non-hydrogen) atoms. The van der Waals surface area contributed by atoms with Crippen molar-refractivity contribution in [3.8, 4) is 0 Å². The van der Waals surface area contributed by atoms with Gasteiger partial charge in [0.15, 0.2) is 0 Å². The molecule has 0 aromatic heterocycles. The van der Waals surface area contributed by atoms with Crippen molar-refractivity contribution in [2.45, 2.75) is 45.1 Å². The Labute approximate surface area is 123 Å². The summed E-state index contributed by atoms with van der Waals surface area (Å²) in [5, 5.41) is 3.36. The molecule has 0 saturated heterocycles. The summed E-state index contributed by atoms with van der Waals surface area (Å²) >= 11 is 0. The van der Waals surface area contributed by atoms with Gasteiger partial charge in [0, 0.05) is 11.8 Å².